The maximum absolute atomic E-state index is 13.9. The van der Waals surface area contributed by atoms with Gasteiger partial charge in [-0.15, -0.1) is 0 Å². The van der Waals surface area contributed by atoms with Crippen LogP contribution in [-0.2, 0) is 10.0 Å². The first-order chi connectivity index (χ1) is 15.9. The molecule has 3 aromatic carbocycles. The minimum Gasteiger partial charge on any atom is -0.413 e. The van der Waals surface area contributed by atoms with Gasteiger partial charge in [-0.05, 0) is 37.3 Å². The Kier molecular flexibility index (Phi) is 5.07. The standard InChI is InChI=1S/C24H16N2O5S2/c1-15-6-8-17(9-7-15)33(29,30)26(23(27)16-10-12-25-13-11-16)20-14-21-22(31-24(28)32-21)19-5-3-2-4-18(19)20/h2-14H,1H3. The summed E-state index contributed by atoms with van der Waals surface area (Å²) in [6.07, 6.45) is 2.85. The van der Waals surface area contributed by atoms with Gasteiger partial charge in [-0.1, -0.05) is 53.3 Å². The van der Waals surface area contributed by atoms with Crippen LogP contribution >= 0.6 is 11.3 Å². The number of anilines is 1. The molecule has 0 radical (unpaired) electrons. The number of amides is 1. The molecule has 0 atom stereocenters. The zero-order chi connectivity index (χ0) is 23.2. The van der Waals surface area contributed by atoms with Gasteiger partial charge in [-0.2, -0.15) is 4.31 Å². The molecule has 0 N–H and O–H groups in total. The van der Waals surface area contributed by atoms with Crippen LogP contribution in [0, 0.1) is 6.92 Å². The van der Waals surface area contributed by atoms with E-state index in [9.17, 15) is 18.0 Å². The molecule has 0 spiro atoms. The average molecular weight is 477 g/mol. The number of sulfonamides is 1. The van der Waals surface area contributed by atoms with Gasteiger partial charge < -0.3 is 4.42 Å². The maximum Gasteiger partial charge on any atom is 0.396 e. The lowest BCUT2D eigenvalue weighted by Crippen LogP contribution is -2.37. The molecule has 0 fully saturated rings. The van der Waals surface area contributed by atoms with Gasteiger partial charge in [0.2, 0.25) is 0 Å². The number of pyridine rings is 1. The fourth-order valence-electron chi connectivity index (χ4n) is 3.62. The smallest absolute Gasteiger partial charge is 0.396 e. The van der Waals surface area contributed by atoms with Crippen molar-refractivity contribution in [2.75, 3.05) is 4.31 Å². The van der Waals surface area contributed by atoms with Crippen LogP contribution in [0.5, 0.6) is 0 Å². The van der Waals surface area contributed by atoms with Gasteiger partial charge in [-0.25, -0.2) is 13.2 Å². The summed E-state index contributed by atoms with van der Waals surface area (Å²) in [6.45, 7) is 1.85. The van der Waals surface area contributed by atoms with Crippen molar-refractivity contribution in [1.29, 1.82) is 0 Å². The molecular formula is C24H16N2O5S2. The second kappa shape index (κ2) is 7.95. The van der Waals surface area contributed by atoms with Crippen LogP contribution in [-0.4, -0.2) is 19.3 Å². The SMILES string of the molecule is Cc1ccc(S(=O)(=O)N(C(=O)c2ccncc2)c2cc3sc(=O)oc3c3ccccc23)cc1. The third-order valence-corrected chi connectivity index (χ3v) is 7.69. The summed E-state index contributed by atoms with van der Waals surface area (Å²) in [5, 5.41) is 1.000. The number of aryl methyl sites for hydroxylation is 1. The quantitative estimate of drug-likeness (QED) is 0.371. The van der Waals surface area contributed by atoms with Crippen LogP contribution in [0.3, 0.4) is 0 Å². The highest BCUT2D eigenvalue weighted by Gasteiger charge is 2.34. The highest BCUT2D eigenvalue weighted by atomic mass is 32.2. The summed E-state index contributed by atoms with van der Waals surface area (Å²) >= 11 is 0.849. The molecule has 0 saturated carbocycles. The molecule has 0 unspecified atom stereocenters. The van der Waals surface area contributed by atoms with Gasteiger partial charge in [0.1, 0.15) is 0 Å². The van der Waals surface area contributed by atoms with E-state index in [4.69, 9.17) is 4.42 Å². The lowest BCUT2D eigenvalue weighted by molar-refractivity contribution is 0.101. The van der Waals surface area contributed by atoms with Crippen LogP contribution in [0.25, 0.3) is 21.1 Å². The van der Waals surface area contributed by atoms with Crippen molar-refractivity contribution in [1.82, 2.24) is 4.98 Å². The molecule has 2 aromatic heterocycles. The van der Waals surface area contributed by atoms with E-state index in [1.807, 2.05) is 6.92 Å². The van der Waals surface area contributed by atoms with Gasteiger partial charge in [0.25, 0.3) is 15.9 Å². The molecule has 164 valence electrons. The highest BCUT2D eigenvalue weighted by Crippen LogP contribution is 2.38. The number of hydrogen-bond donors (Lipinski definition) is 0. The second-order valence-electron chi connectivity index (χ2n) is 7.35. The first-order valence-electron chi connectivity index (χ1n) is 9.88. The third-order valence-electron chi connectivity index (χ3n) is 5.21. The first kappa shape index (κ1) is 21.0. The number of carbonyl (C=O) groups excluding carboxylic acids is 1. The molecule has 0 aliphatic rings. The molecule has 33 heavy (non-hydrogen) atoms. The van der Waals surface area contributed by atoms with Crippen LogP contribution in [0.2, 0.25) is 0 Å². The topological polar surface area (TPSA) is 97.5 Å². The molecule has 0 saturated heterocycles. The van der Waals surface area contributed by atoms with Crippen molar-refractivity contribution in [3.8, 4) is 0 Å². The number of rotatable bonds is 4. The summed E-state index contributed by atoms with van der Waals surface area (Å²) in [4.78, 5) is 29.0. The minimum atomic E-state index is -4.31. The molecule has 5 aromatic rings. The Hall–Kier alpha value is -3.82. The van der Waals surface area contributed by atoms with Crippen LogP contribution in [0.1, 0.15) is 15.9 Å². The number of benzene rings is 3. The zero-order valence-electron chi connectivity index (χ0n) is 17.3. The fraction of sp³-hybridized carbons (Fsp3) is 0.0417. The highest BCUT2D eigenvalue weighted by molar-refractivity contribution is 7.93. The van der Waals surface area contributed by atoms with Gasteiger partial charge in [0, 0.05) is 28.7 Å². The summed E-state index contributed by atoms with van der Waals surface area (Å²) < 4.78 is 34.3. The van der Waals surface area contributed by atoms with Crippen LogP contribution < -0.4 is 9.24 Å². The predicted molar refractivity (Wildman–Crippen MR) is 127 cm³/mol. The van der Waals surface area contributed by atoms with Crippen LogP contribution in [0.15, 0.2) is 93.2 Å². The largest absolute Gasteiger partial charge is 0.413 e. The van der Waals surface area contributed by atoms with Gasteiger partial charge in [0.05, 0.1) is 15.3 Å². The zero-order valence-corrected chi connectivity index (χ0v) is 18.9. The summed E-state index contributed by atoms with van der Waals surface area (Å²) in [7, 11) is -4.31. The second-order valence-corrected chi connectivity index (χ2v) is 10.1. The summed E-state index contributed by atoms with van der Waals surface area (Å²) in [6, 6.07) is 17.6. The van der Waals surface area contributed by atoms with Crippen molar-refractivity contribution in [2.24, 2.45) is 0 Å². The van der Waals surface area contributed by atoms with Gasteiger partial charge in [-0.3, -0.25) is 9.78 Å². The summed E-state index contributed by atoms with van der Waals surface area (Å²) in [5.41, 5.74) is 1.53. The molecule has 9 heteroatoms. The lowest BCUT2D eigenvalue weighted by Gasteiger charge is -2.24. The molecule has 0 aliphatic carbocycles. The van der Waals surface area contributed by atoms with Gasteiger partial charge in [0.15, 0.2) is 5.58 Å². The molecular weight excluding hydrogens is 460 g/mol. The molecule has 5 rings (SSSR count). The van der Waals surface area contributed by atoms with E-state index in [1.54, 1.807) is 36.4 Å². The number of carbonyl (C=O) groups is 1. The van der Waals surface area contributed by atoms with Crippen molar-refractivity contribution >= 4 is 54.0 Å². The van der Waals surface area contributed by atoms with E-state index in [1.165, 1.54) is 42.7 Å². The third kappa shape index (κ3) is 3.61. The van der Waals surface area contributed by atoms with Crippen molar-refractivity contribution in [3.63, 3.8) is 0 Å². The molecule has 0 bridgehead atoms. The van der Waals surface area contributed by atoms with E-state index >= 15 is 0 Å². The molecule has 2 heterocycles. The molecule has 1 amide bonds. The number of nitrogens with zero attached hydrogens (tertiary/aromatic N) is 2. The predicted octanol–water partition coefficient (Wildman–Crippen LogP) is 4.75. The summed E-state index contributed by atoms with van der Waals surface area (Å²) in [5.74, 6) is -0.738. The Balaban J connectivity index is 1.85. The number of aromatic nitrogens is 1. The Bertz CT molecular complexity index is 1670. The van der Waals surface area contributed by atoms with E-state index in [0.29, 0.717) is 21.1 Å². The minimum absolute atomic E-state index is 0.0277. The Morgan fingerprint density at radius 1 is 0.970 bits per heavy atom. The van der Waals surface area contributed by atoms with Crippen molar-refractivity contribution < 1.29 is 17.6 Å². The van der Waals surface area contributed by atoms with E-state index < -0.39 is 20.9 Å². The number of hydrogen-bond acceptors (Lipinski definition) is 7. The first-order valence-corrected chi connectivity index (χ1v) is 12.1. The Morgan fingerprint density at radius 2 is 1.64 bits per heavy atom. The van der Waals surface area contributed by atoms with Crippen molar-refractivity contribution in [2.45, 2.75) is 11.8 Å². The maximum atomic E-state index is 13.9. The Labute approximate surface area is 192 Å². The van der Waals surface area contributed by atoms with Crippen molar-refractivity contribution in [3.05, 3.63) is 100.0 Å². The average Bonchev–Trinajstić information content (AvgIpc) is 3.20. The van der Waals surface area contributed by atoms with Gasteiger partial charge >= 0.3 is 4.94 Å². The fourth-order valence-corrected chi connectivity index (χ4v) is 5.77. The Morgan fingerprint density at radius 3 is 2.33 bits per heavy atom. The molecule has 7 nitrogen and oxygen atoms in total. The van der Waals surface area contributed by atoms with E-state index in [0.717, 1.165) is 21.2 Å². The normalized spacial score (nSPS) is 11.7. The lowest BCUT2D eigenvalue weighted by atomic mass is 10.1. The monoisotopic (exact) mass is 476 g/mol. The van der Waals surface area contributed by atoms with E-state index in [-0.39, 0.29) is 16.1 Å². The van der Waals surface area contributed by atoms with E-state index in [2.05, 4.69) is 4.98 Å². The van der Waals surface area contributed by atoms with Crippen LogP contribution in [0.4, 0.5) is 5.69 Å². The molecule has 0 aliphatic heterocycles. The number of fused-ring (bicyclic) bond motifs is 3.